The zero-order valence-electron chi connectivity index (χ0n) is 17.1. The first-order chi connectivity index (χ1) is 14.6. The van der Waals surface area contributed by atoms with Crippen molar-refractivity contribution in [2.24, 2.45) is 4.99 Å². The lowest BCUT2D eigenvalue weighted by Gasteiger charge is -2.25. The summed E-state index contributed by atoms with van der Waals surface area (Å²) in [6.45, 7) is 7.81. The van der Waals surface area contributed by atoms with E-state index in [1.165, 1.54) is 9.36 Å². The van der Waals surface area contributed by atoms with Gasteiger partial charge in [0.05, 0.1) is 15.7 Å². The molecule has 0 amide bonds. The van der Waals surface area contributed by atoms with Crippen LogP contribution < -0.4 is 0 Å². The summed E-state index contributed by atoms with van der Waals surface area (Å²) in [5.41, 5.74) is 4.32. The highest BCUT2D eigenvalue weighted by Gasteiger charge is 2.39. The van der Waals surface area contributed by atoms with E-state index in [1.807, 2.05) is 19.9 Å². The number of aromatic nitrogens is 1. The van der Waals surface area contributed by atoms with Crippen molar-refractivity contribution < 1.29 is 8.63 Å². The van der Waals surface area contributed by atoms with Crippen LogP contribution in [0.4, 0.5) is 8.63 Å². The van der Waals surface area contributed by atoms with Gasteiger partial charge in [-0.2, -0.15) is 0 Å². The third-order valence-corrected chi connectivity index (χ3v) is 11.9. The molecule has 2 unspecified atom stereocenters. The van der Waals surface area contributed by atoms with Gasteiger partial charge < -0.3 is 4.48 Å². The highest BCUT2D eigenvalue weighted by Crippen LogP contribution is 2.46. The SMILES string of the molecule is CC1=NC(C(c2ccc(-c3ccc(Br)s3)s2)c2c(C)c(I)c(C)n2B(F)F)C(C)=C1I. The van der Waals surface area contributed by atoms with E-state index in [1.54, 1.807) is 29.6 Å². The number of hydrogen-bond donors (Lipinski definition) is 0. The van der Waals surface area contributed by atoms with Crippen molar-refractivity contribution in [2.75, 3.05) is 0 Å². The van der Waals surface area contributed by atoms with Gasteiger partial charge in [0.15, 0.2) is 0 Å². The molecule has 0 aliphatic carbocycles. The Bertz CT molecular complexity index is 1230. The molecule has 31 heavy (non-hydrogen) atoms. The number of allylic oxidation sites excluding steroid dienone is 1. The van der Waals surface area contributed by atoms with E-state index in [0.29, 0.717) is 11.4 Å². The molecule has 0 spiro atoms. The van der Waals surface area contributed by atoms with E-state index in [9.17, 15) is 8.63 Å². The van der Waals surface area contributed by atoms with Crippen molar-refractivity contribution in [3.8, 4) is 9.75 Å². The molecular formula is C21H18BBrF2I2N2S2. The normalized spacial score (nSPS) is 17.5. The second-order valence-electron chi connectivity index (χ2n) is 7.50. The third-order valence-electron chi connectivity index (χ3n) is 5.65. The minimum atomic E-state index is -2.60. The Morgan fingerprint density at radius 3 is 2.26 bits per heavy atom. The van der Waals surface area contributed by atoms with Gasteiger partial charge in [0.1, 0.15) is 0 Å². The molecule has 162 valence electrons. The molecule has 3 aromatic rings. The van der Waals surface area contributed by atoms with Gasteiger partial charge >= 0.3 is 7.40 Å². The van der Waals surface area contributed by atoms with Crippen molar-refractivity contribution >= 4 is 96.9 Å². The first kappa shape index (κ1) is 24.1. The lowest BCUT2D eigenvalue weighted by molar-refractivity contribution is 0.594. The average molecular weight is 745 g/mol. The van der Waals surface area contributed by atoms with Crippen LogP contribution in [0.2, 0.25) is 0 Å². The number of nitrogens with zero attached hydrogens (tertiary/aromatic N) is 2. The quantitative estimate of drug-likeness (QED) is 0.184. The van der Waals surface area contributed by atoms with Crippen LogP contribution in [0.15, 0.2) is 42.2 Å². The molecule has 0 bridgehead atoms. The molecule has 2 atom stereocenters. The maximum absolute atomic E-state index is 14.3. The van der Waals surface area contributed by atoms with Gasteiger partial charge in [-0.05, 0) is 124 Å². The predicted octanol–water partition coefficient (Wildman–Crippen LogP) is 8.72. The van der Waals surface area contributed by atoms with Crippen LogP contribution in [0.25, 0.3) is 9.75 Å². The van der Waals surface area contributed by atoms with Crippen LogP contribution in [-0.2, 0) is 0 Å². The summed E-state index contributed by atoms with van der Waals surface area (Å²) in [5.74, 6) is -0.263. The molecule has 3 aromatic heterocycles. The van der Waals surface area contributed by atoms with Crippen LogP contribution in [-0.4, -0.2) is 23.6 Å². The highest BCUT2D eigenvalue weighted by atomic mass is 127. The standard InChI is InChI=1S/C21H18BBrF2I2N2S2/c1-9-18(26)11(3)28-20(9)17(21-10(2)19(27)12(4)29(21)22(24)25)15-6-5-13(30-15)14-7-8-16(23)31-14/h5-8,17,20H,1-4H3. The van der Waals surface area contributed by atoms with Gasteiger partial charge in [-0.3, -0.25) is 13.6 Å². The Morgan fingerprint density at radius 2 is 1.71 bits per heavy atom. The summed E-state index contributed by atoms with van der Waals surface area (Å²) in [4.78, 5) is 8.32. The van der Waals surface area contributed by atoms with Crippen LogP contribution in [0.5, 0.6) is 0 Å². The van der Waals surface area contributed by atoms with Gasteiger partial charge in [-0.15, -0.1) is 22.7 Å². The molecule has 0 N–H and O–H groups in total. The molecular weight excluding hydrogens is 727 g/mol. The average Bonchev–Trinajstić information content (AvgIpc) is 3.46. The Hall–Kier alpha value is -0.0451. The van der Waals surface area contributed by atoms with Crippen LogP contribution in [0, 0.1) is 17.4 Å². The summed E-state index contributed by atoms with van der Waals surface area (Å²) in [6.07, 6.45) is 0. The molecule has 4 heterocycles. The zero-order valence-corrected chi connectivity index (χ0v) is 24.7. The smallest absolute Gasteiger partial charge is 0.331 e. The van der Waals surface area contributed by atoms with Crippen molar-refractivity contribution in [2.45, 2.75) is 39.7 Å². The van der Waals surface area contributed by atoms with E-state index in [-0.39, 0.29) is 12.0 Å². The molecule has 1 aliphatic heterocycles. The van der Waals surface area contributed by atoms with Crippen LogP contribution >= 0.6 is 83.8 Å². The second-order valence-corrected chi connectivity index (χ2v) is 13.2. The van der Waals surface area contributed by atoms with E-state index >= 15 is 0 Å². The van der Waals surface area contributed by atoms with Gasteiger partial charge in [-0.25, -0.2) is 0 Å². The predicted molar refractivity (Wildman–Crippen MR) is 151 cm³/mol. The summed E-state index contributed by atoms with van der Waals surface area (Å²) in [5, 5.41) is 0. The topological polar surface area (TPSA) is 17.3 Å². The molecule has 4 rings (SSSR count). The van der Waals surface area contributed by atoms with E-state index in [2.05, 4.69) is 86.2 Å². The fourth-order valence-electron chi connectivity index (χ4n) is 4.13. The van der Waals surface area contributed by atoms with Crippen molar-refractivity contribution in [3.05, 3.63) is 62.6 Å². The minimum absolute atomic E-state index is 0.185. The van der Waals surface area contributed by atoms with Gasteiger partial charge in [-0.1, -0.05) is 0 Å². The Balaban J connectivity index is 1.94. The van der Waals surface area contributed by atoms with E-state index in [4.69, 9.17) is 4.99 Å². The monoisotopic (exact) mass is 744 g/mol. The molecule has 0 radical (unpaired) electrons. The second kappa shape index (κ2) is 9.30. The number of aliphatic imine (C=N–C) groups is 1. The fourth-order valence-corrected chi connectivity index (χ4v) is 7.74. The van der Waals surface area contributed by atoms with Crippen molar-refractivity contribution in [1.29, 1.82) is 0 Å². The summed E-state index contributed by atoms with van der Waals surface area (Å²) < 4.78 is 32.9. The number of thiophene rings is 2. The zero-order chi connectivity index (χ0) is 22.6. The largest absolute Gasteiger partial charge is 0.677 e. The lowest BCUT2D eigenvalue weighted by atomic mass is 9.88. The van der Waals surface area contributed by atoms with Crippen LogP contribution in [0.1, 0.15) is 41.6 Å². The molecule has 0 fully saturated rings. The molecule has 2 nitrogen and oxygen atoms in total. The summed E-state index contributed by atoms with van der Waals surface area (Å²) >= 11 is 11.4. The van der Waals surface area contributed by atoms with Gasteiger partial charge in [0.25, 0.3) is 0 Å². The third kappa shape index (κ3) is 4.28. The first-order valence-electron chi connectivity index (χ1n) is 9.53. The molecule has 0 aromatic carbocycles. The number of rotatable bonds is 5. The maximum Gasteiger partial charge on any atom is 0.677 e. The summed E-state index contributed by atoms with van der Waals surface area (Å²) in [6, 6.07) is 8.13. The molecule has 1 aliphatic rings. The highest BCUT2D eigenvalue weighted by molar-refractivity contribution is 14.1. The fraction of sp³-hybridized carbons (Fsp3) is 0.286. The van der Waals surface area contributed by atoms with Crippen LogP contribution in [0.3, 0.4) is 0 Å². The first-order valence-corrected chi connectivity index (χ1v) is 14.1. The molecule has 10 heteroatoms. The van der Waals surface area contributed by atoms with Gasteiger partial charge in [0.2, 0.25) is 0 Å². The van der Waals surface area contributed by atoms with E-state index in [0.717, 1.165) is 37.5 Å². The molecule has 0 saturated heterocycles. The van der Waals surface area contributed by atoms with Crippen molar-refractivity contribution in [3.63, 3.8) is 0 Å². The number of hydrogen-bond acceptors (Lipinski definition) is 3. The van der Waals surface area contributed by atoms with E-state index < -0.39 is 7.40 Å². The Kier molecular flexibility index (Phi) is 7.23. The Morgan fingerprint density at radius 1 is 1.06 bits per heavy atom. The lowest BCUT2D eigenvalue weighted by Crippen LogP contribution is -2.26. The van der Waals surface area contributed by atoms with Crippen molar-refractivity contribution in [1.82, 2.24) is 4.48 Å². The molecule has 0 saturated carbocycles. The maximum atomic E-state index is 14.3. The van der Waals surface area contributed by atoms with Gasteiger partial charge in [0, 0.05) is 38.9 Å². The minimum Gasteiger partial charge on any atom is -0.331 e. The summed E-state index contributed by atoms with van der Waals surface area (Å²) in [7, 11) is -2.60. The number of halogens is 5. The Labute approximate surface area is 224 Å².